The van der Waals surface area contributed by atoms with Gasteiger partial charge in [-0.2, -0.15) is 5.10 Å². The summed E-state index contributed by atoms with van der Waals surface area (Å²) in [6.07, 6.45) is 2.98. The predicted molar refractivity (Wildman–Crippen MR) is 63.1 cm³/mol. The molecule has 0 aliphatic carbocycles. The molecule has 0 radical (unpaired) electrons. The maximum absolute atomic E-state index is 11.0. The van der Waals surface area contributed by atoms with E-state index in [4.69, 9.17) is 16.7 Å². The van der Waals surface area contributed by atoms with Gasteiger partial charge in [0, 0.05) is 18.8 Å². The summed E-state index contributed by atoms with van der Waals surface area (Å²) >= 11 is 6.03. The van der Waals surface area contributed by atoms with E-state index in [-0.39, 0.29) is 5.69 Å². The molecule has 0 saturated heterocycles. The zero-order valence-corrected chi connectivity index (χ0v) is 10.1. The van der Waals surface area contributed by atoms with Crippen LogP contribution in [0.2, 0.25) is 5.02 Å². The van der Waals surface area contributed by atoms with Crippen LogP contribution in [0.3, 0.4) is 0 Å². The lowest BCUT2D eigenvalue weighted by molar-refractivity contribution is 0.0689. The number of aromatic nitrogens is 3. The van der Waals surface area contributed by atoms with Gasteiger partial charge >= 0.3 is 5.97 Å². The summed E-state index contributed by atoms with van der Waals surface area (Å²) in [5, 5.41) is 13.5. The molecule has 0 atom stereocenters. The number of hydrogen-bond donors (Lipinski definition) is 1. The van der Waals surface area contributed by atoms with Crippen LogP contribution in [0.1, 0.15) is 16.1 Å². The van der Waals surface area contributed by atoms with Gasteiger partial charge in [0.1, 0.15) is 0 Å². The highest BCUT2D eigenvalue weighted by molar-refractivity contribution is 6.33. The minimum atomic E-state index is -1.05. The molecule has 5 nitrogen and oxygen atoms in total. The van der Waals surface area contributed by atoms with Crippen molar-refractivity contribution in [3.05, 3.63) is 34.7 Å². The molecule has 0 amide bonds. The van der Waals surface area contributed by atoms with Crippen LogP contribution in [0.15, 0.2) is 18.5 Å². The van der Waals surface area contributed by atoms with Crippen LogP contribution < -0.4 is 0 Å². The minimum absolute atomic E-state index is 0.0276. The molecule has 2 heterocycles. The summed E-state index contributed by atoms with van der Waals surface area (Å²) in [6, 6.07) is 1.73. The van der Waals surface area contributed by atoms with Gasteiger partial charge in [-0.25, -0.2) is 9.78 Å². The molecule has 0 fully saturated rings. The number of rotatable bonds is 2. The van der Waals surface area contributed by atoms with Gasteiger partial charge in [-0.05, 0) is 18.6 Å². The number of carboxylic acid groups (broad SMARTS) is 1. The summed E-state index contributed by atoms with van der Waals surface area (Å²) < 4.78 is 1.61. The lowest BCUT2D eigenvalue weighted by Crippen LogP contribution is -2.05. The van der Waals surface area contributed by atoms with Crippen LogP contribution in [0.25, 0.3) is 11.3 Å². The maximum Gasteiger partial charge on any atom is 0.354 e. The Bertz CT molecular complexity index is 573. The highest BCUT2D eigenvalue weighted by atomic mass is 35.5. The summed E-state index contributed by atoms with van der Waals surface area (Å²) in [4.78, 5) is 14.8. The molecular weight excluding hydrogens is 242 g/mol. The first-order valence-electron chi connectivity index (χ1n) is 4.89. The second kappa shape index (κ2) is 4.18. The summed E-state index contributed by atoms with van der Waals surface area (Å²) in [7, 11) is 1.75. The van der Waals surface area contributed by atoms with Gasteiger partial charge < -0.3 is 5.11 Å². The number of halogens is 1. The van der Waals surface area contributed by atoms with Crippen molar-refractivity contribution >= 4 is 17.6 Å². The van der Waals surface area contributed by atoms with Gasteiger partial charge in [0.25, 0.3) is 0 Å². The zero-order valence-electron chi connectivity index (χ0n) is 9.31. The average molecular weight is 252 g/mol. The normalized spacial score (nSPS) is 10.5. The molecule has 0 aliphatic rings. The molecule has 0 spiro atoms. The molecule has 2 rings (SSSR count). The van der Waals surface area contributed by atoms with Crippen LogP contribution in [0, 0.1) is 6.92 Å². The van der Waals surface area contributed by atoms with Crippen LogP contribution >= 0.6 is 11.6 Å². The molecule has 17 heavy (non-hydrogen) atoms. The van der Waals surface area contributed by atoms with Crippen LogP contribution in [-0.4, -0.2) is 25.8 Å². The first-order chi connectivity index (χ1) is 8.02. The highest BCUT2D eigenvalue weighted by Crippen LogP contribution is 2.30. The lowest BCUT2D eigenvalue weighted by atomic mass is 10.1. The van der Waals surface area contributed by atoms with E-state index in [1.807, 2.05) is 0 Å². The standard InChI is InChI=1S/C11H10ClN3O2/c1-6-7(3-4-13-9(6)11(16)17)10-8(12)5-14-15(10)2/h3-5H,1-2H3,(H,16,17). The number of nitrogens with zero attached hydrogens (tertiary/aromatic N) is 3. The van der Waals surface area contributed by atoms with Crippen molar-refractivity contribution in [3.8, 4) is 11.3 Å². The van der Waals surface area contributed by atoms with Gasteiger partial charge in [0.05, 0.1) is 16.9 Å². The quantitative estimate of drug-likeness (QED) is 0.888. The Morgan fingerprint density at radius 1 is 1.53 bits per heavy atom. The number of aromatic carboxylic acids is 1. The van der Waals surface area contributed by atoms with E-state index in [0.29, 0.717) is 16.3 Å². The maximum atomic E-state index is 11.0. The van der Waals surface area contributed by atoms with E-state index in [0.717, 1.165) is 5.56 Å². The minimum Gasteiger partial charge on any atom is -0.477 e. The van der Waals surface area contributed by atoms with Crippen molar-refractivity contribution in [2.24, 2.45) is 7.05 Å². The molecule has 0 saturated carbocycles. The fourth-order valence-corrected chi connectivity index (χ4v) is 1.99. The summed E-state index contributed by atoms with van der Waals surface area (Å²) in [5.74, 6) is -1.05. The fraction of sp³-hybridized carbons (Fsp3) is 0.182. The van der Waals surface area contributed by atoms with Crippen molar-refractivity contribution in [2.75, 3.05) is 0 Å². The van der Waals surface area contributed by atoms with Crippen molar-refractivity contribution in [1.29, 1.82) is 0 Å². The Morgan fingerprint density at radius 2 is 2.24 bits per heavy atom. The zero-order chi connectivity index (χ0) is 12.6. The Kier molecular flexibility index (Phi) is 2.85. The Hall–Kier alpha value is -1.88. The van der Waals surface area contributed by atoms with E-state index in [2.05, 4.69) is 10.1 Å². The van der Waals surface area contributed by atoms with Crippen LogP contribution in [0.5, 0.6) is 0 Å². The molecule has 0 unspecified atom stereocenters. The molecular formula is C11H10ClN3O2. The van der Waals surface area contributed by atoms with Gasteiger partial charge in [-0.3, -0.25) is 4.68 Å². The summed E-state index contributed by atoms with van der Waals surface area (Å²) in [5.41, 5.74) is 2.02. The third-order valence-electron chi connectivity index (χ3n) is 2.56. The molecule has 88 valence electrons. The average Bonchev–Trinajstić information content (AvgIpc) is 2.59. The number of carbonyl (C=O) groups is 1. The van der Waals surface area contributed by atoms with Gasteiger partial charge in [0.15, 0.2) is 5.69 Å². The smallest absolute Gasteiger partial charge is 0.354 e. The molecule has 6 heteroatoms. The van der Waals surface area contributed by atoms with Crippen LogP contribution in [-0.2, 0) is 7.05 Å². The summed E-state index contributed by atoms with van der Waals surface area (Å²) in [6.45, 7) is 1.70. The molecule has 0 bridgehead atoms. The SMILES string of the molecule is Cc1c(-c2c(Cl)cnn2C)ccnc1C(=O)O. The second-order valence-electron chi connectivity index (χ2n) is 3.60. The number of aryl methyl sites for hydroxylation is 1. The second-order valence-corrected chi connectivity index (χ2v) is 4.01. The van der Waals surface area contributed by atoms with Gasteiger partial charge in [-0.15, -0.1) is 0 Å². The van der Waals surface area contributed by atoms with Gasteiger partial charge in [0.2, 0.25) is 0 Å². The van der Waals surface area contributed by atoms with Crippen LogP contribution in [0.4, 0.5) is 0 Å². The fourth-order valence-electron chi connectivity index (χ4n) is 1.72. The van der Waals surface area contributed by atoms with E-state index in [1.54, 1.807) is 24.7 Å². The third kappa shape index (κ3) is 1.89. The van der Waals surface area contributed by atoms with Crippen molar-refractivity contribution in [1.82, 2.24) is 14.8 Å². The molecule has 0 aliphatic heterocycles. The molecule has 0 aromatic carbocycles. The van der Waals surface area contributed by atoms with Crippen molar-refractivity contribution < 1.29 is 9.90 Å². The van der Waals surface area contributed by atoms with Gasteiger partial charge in [-0.1, -0.05) is 11.6 Å². The number of pyridine rings is 1. The largest absolute Gasteiger partial charge is 0.477 e. The Morgan fingerprint density at radius 3 is 2.76 bits per heavy atom. The number of carboxylic acids is 1. The third-order valence-corrected chi connectivity index (χ3v) is 2.83. The van der Waals surface area contributed by atoms with E-state index < -0.39 is 5.97 Å². The predicted octanol–water partition coefficient (Wildman–Crippen LogP) is 2.14. The first kappa shape index (κ1) is 11.6. The topological polar surface area (TPSA) is 68.0 Å². The van der Waals surface area contributed by atoms with E-state index in [1.165, 1.54) is 12.4 Å². The lowest BCUT2D eigenvalue weighted by Gasteiger charge is -2.08. The molecule has 2 aromatic rings. The molecule has 2 aromatic heterocycles. The van der Waals surface area contributed by atoms with Crippen molar-refractivity contribution in [3.63, 3.8) is 0 Å². The highest BCUT2D eigenvalue weighted by Gasteiger charge is 2.17. The number of hydrogen-bond acceptors (Lipinski definition) is 3. The monoisotopic (exact) mass is 251 g/mol. The van der Waals surface area contributed by atoms with Crippen molar-refractivity contribution in [2.45, 2.75) is 6.92 Å². The van der Waals surface area contributed by atoms with E-state index >= 15 is 0 Å². The Labute approximate surface area is 103 Å². The van der Waals surface area contributed by atoms with E-state index in [9.17, 15) is 4.79 Å². The molecule has 1 N–H and O–H groups in total. The first-order valence-corrected chi connectivity index (χ1v) is 5.27. The Balaban J connectivity index is 2.69.